The Hall–Kier alpha value is -6.57. The van der Waals surface area contributed by atoms with Crippen LogP contribution in [0.3, 0.4) is 0 Å². The minimum Gasteiger partial charge on any atom is -0.344 e. The van der Waals surface area contributed by atoms with Crippen LogP contribution in [0.5, 0.6) is 0 Å². The van der Waals surface area contributed by atoms with Crippen LogP contribution in [0.15, 0.2) is 94.4 Å². The molecule has 0 aliphatic heterocycles. The number of allylic oxidation sites excluding steroid dienone is 3. The number of aromatic nitrogens is 6. The van der Waals surface area contributed by atoms with Crippen molar-refractivity contribution in [3.63, 3.8) is 0 Å². The van der Waals surface area contributed by atoms with Gasteiger partial charge in [0.05, 0.1) is 11.4 Å². The number of nitrogens with zero attached hydrogens (tertiary/aromatic N) is 8. The molecule has 0 spiro atoms. The van der Waals surface area contributed by atoms with Crippen molar-refractivity contribution in [3.8, 4) is 0 Å². The second kappa shape index (κ2) is 19.2. The largest absolute Gasteiger partial charge is 0.344 e. The highest BCUT2D eigenvalue weighted by Gasteiger charge is 2.20. The fourth-order valence-electron chi connectivity index (χ4n) is 5.82. The van der Waals surface area contributed by atoms with Crippen LogP contribution in [-0.4, -0.2) is 102 Å². The van der Waals surface area contributed by atoms with Crippen LogP contribution in [0.25, 0.3) is 12.2 Å². The molecule has 0 saturated carbocycles. The van der Waals surface area contributed by atoms with Gasteiger partial charge in [-0.3, -0.25) is 13.7 Å². The lowest BCUT2D eigenvalue weighted by Gasteiger charge is -2.18. The zero-order valence-electron chi connectivity index (χ0n) is 34.3. The molecule has 0 saturated heterocycles. The van der Waals surface area contributed by atoms with E-state index >= 15 is 0 Å². The average molecular weight is 921 g/mol. The number of hydrogen-bond acceptors (Lipinski definition) is 18. The smallest absolute Gasteiger partial charge is 0.296 e. The summed E-state index contributed by atoms with van der Waals surface area (Å²) in [5, 5.41) is 12.0. The molecule has 6 rings (SSSR count). The molecule has 63 heavy (non-hydrogen) atoms. The first kappa shape index (κ1) is 45.9. The van der Waals surface area contributed by atoms with E-state index in [1.807, 2.05) is 31.0 Å². The van der Waals surface area contributed by atoms with Gasteiger partial charge in [0.15, 0.2) is 0 Å². The number of rotatable bonds is 18. The van der Waals surface area contributed by atoms with E-state index in [9.17, 15) is 38.9 Å². The van der Waals surface area contributed by atoms with Gasteiger partial charge < -0.3 is 31.1 Å². The minimum atomic E-state index is -4.70. The molecular weight excluding hydrogens is 877 g/mol. The monoisotopic (exact) mass is 920 g/mol. The summed E-state index contributed by atoms with van der Waals surface area (Å²) in [5.41, 5.74) is 3.12. The SMILES string of the molecule is CCN(C)c1nc(NC2=CCC=CC2)nc(Nc2ccc(/C=C/c3ccc(Nc4nc(Nc5cc(C)ccc5S(=O)(=O)O)nc(N(C)CCS(=O)(=O)O)n4)cc3)c(S(=O)(=O)O)c2)n1. The summed E-state index contributed by atoms with van der Waals surface area (Å²) in [7, 11) is -10.4. The number of benzene rings is 3. The van der Waals surface area contributed by atoms with Crippen molar-refractivity contribution in [2.24, 2.45) is 0 Å². The van der Waals surface area contributed by atoms with Gasteiger partial charge in [-0.2, -0.15) is 55.2 Å². The summed E-state index contributed by atoms with van der Waals surface area (Å²) in [5.74, 6) is -0.0646. The molecule has 1 aliphatic carbocycles. The first-order valence-corrected chi connectivity index (χ1v) is 23.5. The Morgan fingerprint density at radius 3 is 1.83 bits per heavy atom. The Morgan fingerprint density at radius 1 is 0.651 bits per heavy atom. The van der Waals surface area contributed by atoms with E-state index in [4.69, 9.17) is 0 Å². The number of hydrogen-bond donors (Lipinski definition) is 7. The Balaban J connectivity index is 1.22. The Morgan fingerprint density at radius 2 is 1.24 bits per heavy atom. The van der Waals surface area contributed by atoms with Crippen LogP contribution in [0.4, 0.5) is 52.8 Å². The molecule has 1 aliphatic rings. The third kappa shape index (κ3) is 13.0. The highest BCUT2D eigenvalue weighted by atomic mass is 32.2. The average Bonchev–Trinajstić information content (AvgIpc) is 3.21. The number of nitrogens with one attached hydrogen (secondary N) is 4. The Labute approximate surface area is 364 Å². The van der Waals surface area contributed by atoms with Crippen LogP contribution >= 0.6 is 0 Å². The number of anilines is 9. The van der Waals surface area contributed by atoms with Gasteiger partial charge in [0.25, 0.3) is 30.4 Å². The predicted molar refractivity (Wildman–Crippen MR) is 241 cm³/mol. The fraction of sp³-hybridized carbons (Fsp3) is 0.231. The van der Waals surface area contributed by atoms with Gasteiger partial charge in [-0.1, -0.05) is 54.6 Å². The van der Waals surface area contributed by atoms with Crippen molar-refractivity contribution in [1.82, 2.24) is 29.9 Å². The molecule has 0 unspecified atom stereocenters. The molecule has 2 heterocycles. The van der Waals surface area contributed by atoms with Crippen molar-refractivity contribution >= 4 is 95.3 Å². The van der Waals surface area contributed by atoms with Crippen molar-refractivity contribution in [3.05, 3.63) is 101 Å². The lowest BCUT2D eigenvalue weighted by Crippen LogP contribution is -2.27. The van der Waals surface area contributed by atoms with Crippen LogP contribution in [0, 0.1) is 6.92 Å². The van der Waals surface area contributed by atoms with E-state index in [0.29, 0.717) is 47.4 Å². The van der Waals surface area contributed by atoms with Crippen molar-refractivity contribution in [2.75, 3.05) is 64.0 Å². The number of aryl methyl sites for hydroxylation is 1. The van der Waals surface area contributed by atoms with E-state index in [-0.39, 0.29) is 46.5 Å². The molecule has 2 aromatic heterocycles. The maximum Gasteiger partial charge on any atom is 0.296 e. The van der Waals surface area contributed by atoms with Gasteiger partial charge in [-0.15, -0.1) is 0 Å². The van der Waals surface area contributed by atoms with E-state index in [2.05, 4.69) is 57.2 Å². The van der Waals surface area contributed by atoms with E-state index in [0.717, 1.165) is 12.1 Å². The summed E-state index contributed by atoms with van der Waals surface area (Å²) in [6.07, 6.45) is 10.7. The molecule has 24 heteroatoms. The molecule has 3 aromatic carbocycles. The van der Waals surface area contributed by atoms with Gasteiger partial charge in [0.2, 0.25) is 35.7 Å². The van der Waals surface area contributed by atoms with Crippen LogP contribution in [0.1, 0.15) is 36.5 Å². The summed E-state index contributed by atoms with van der Waals surface area (Å²) in [6.45, 7) is 4.05. The Kier molecular flexibility index (Phi) is 14.0. The van der Waals surface area contributed by atoms with Gasteiger partial charge in [0.1, 0.15) is 9.79 Å². The van der Waals surface area contributed by atoms with Crippen molar-refractivity contribution in [1.29, 1.82) is 0 Å². The molecule has 0 amide bonds. The lowest BCUT2D eigenvalue weighted by molar-refractivity contribution is 0.480. The van der Waals surface area contributed by atoms with Gasteiger partial charge in [0, 0.05) is 50.7 Å². The van der Waals surface area contributed by atoms with Gasteiger partial charge in [-0.25, -0.2) is 0 Å². The molecule has 0 bridgehead atoms. The zero-order valence-corrected chi connectivity index (χ0v) is 36.7. The highest BCUT2D eigenvalue weighted by molar-refractivity contribution is 7.86. The molecule has 7 N–H and O–H groups in total. The molecule has 332 valence electrons. The van der Waals surface area contributed by atoms with Crippen molar-refractivity contribution < 1.29 is 38.9 Å². The van der Waals surface area contributed by atoms with E-state index < -0.39 is 41.0 Å². The van der Waals surface area contributed by atoms with Gasteiger partial charge >= 0.3 is 0 Å². The quantitative estimate of drug-likeness (QED) is 0.0316. The maximum atomic E-state index is 12.6. The molecule has 5 aromatic rings. The predicted octanol–water partition coefficient (Wildman–Crippen LogP) is 5.69. The summed E-state index contributed by atoms with van der Waals surface area (Å²) >= 11 is 0. The van der Waals surface area contributed by atoms with Crippen LogP contribution in [0.2, 0.25) is 0 Å². The summed E-state index contributed by atoms with van der Waals surface area (Å²) < 4.78 is 102. The minimum absolute atomic E-state index is 0.0372. The summed E-state index contributed by atoms with van der Waals surface area (Å²) in [6, 6.07) is 15.3. The van der Waals surface area contributed by atoms with Crippen molar-refractivity contribution in [2.45, 2.75) is 36.5 Å². The van der Waals surface area contributed by atoms with Gasteiger partial charge in [-0.05, 0) is 73.4 Å². The fourth-order valence-corrected chi connectivity index (χ4v) is 7.66. The zero-order chi connectivity index (χ0) is 45.5. The normalized spacial score (nSPS) is 13.1. The molecule has 0 radical (unpaired) electrons. The molecule has 21 nitrogen and oxygen atoms in total. The van der Waals surface area contributed by atoms with Crippen LogP contribution in [-0.2, 0) is 30.4 Å². The third-order valence-electron chi connectivity index (χ3n) is 9.20. The maximum absolute atomic E-state index is 12.6. The topological polar surface area (TPSA) is 295 Å². The highest BCUT2D eigenvalue weighted by Crippen LogP contribution is 2.29. The first-order chi connectivity index (χ1) is 29.7. The van der Waals surface area contributed by atoms with E-state index in [1.165, 1.54) is 48.4 Å². The lowest BCUT2D eigenvalue weighted by atomic mass is 10.1. The molecule has 0 atom stereocenters. The standard InChI is InChI=1S/C39H44N12O9S3/c1-5-50(3)38-46-34(40-28-9-7-6-8-10-28)44-36(47-38)42-30-19-16-27(33(24-30)63(58,59)60)15-12-26-13-17-29(18-14-26)41-35-45-37(49-39(48-35)51(4)21-22-61(52,53)54)43-31-23-25(2)11-20-32(31)62(55,56)57/h6-7,10-20,23-24H,5,8-9,21-22H2,1-4H3,(H,52,53,54)(H,55,56,57)(H,58,59,60)(H2,40,42,44,46,47)(H2,41,43,45,48,49)/b15-12+. The second-order valence-electron chi connectivity index (χ2n) is 14.1. The molecule has 0 fully saturated rings. The van der Waals surface area contributed by atoms with E-state index in [1.54, 1.807) is 43.3 Å². The third-order valence-corrected chi connectivity index (χ3v) is 11.7. The summed E-state index contributed by atoms with van der Waals surface area (Å²) in [4.78, 5) is 28.8. The first-order valence-electron chi connectivity index (χ1n) is 19.0. The van der Waals surface area contributed by atoms with Crippen LogP contribution < -0.4 is 31.1 Å². The Bertz CT molecular complexity index is 2930. The second-order valence-corrected chi connectivity index (χ2v) is 18.4. The molecular formula is C39H44N12O9S3.